The summed E-state index contributed by atoms with van der Waals surface area (Å²) in [7, 11) is 0. The average Bonchev–Trinajstić information content (AvgIpc) is 3.56. The van der Waals surface area contributed by atoms with Crippen molar-refractivity contribution in [3.63, 3.8) is 0 Å². The average molecular weight is 631 g/mol. The summed E-state index contributed by atoms with van der Waals surface area (Å²) in [6.07, 6.45) is 0. The molecule has 0 saturated heterocycles. The fourth-order valence-corrected chi connectivity index (χ4v) is 7.96. The standard InChI is InChI=1S/C45H30N2S/c1-3-12-31(13-4-1)33-22-26-36(27-23-33)47(37-28-24-34(25-29-37)32-14-5-2-6-15-32)38-17-11-16-35(30-38)44-45-43(39-18-7-9-20-41(39)46-44)40-19-8-10-21-42(40)48-45/h1-30H. The lowest BCUT2D eigenvalue weighted by Gasteiger charge is -2.26. The molecule has 226 valence electrons. The van der Waals surface area contributed by atoms with E-state index in [1.54, 1.807) is 0 Å². The van der Waals surface area contributed by atoms with Crippen molar-refractivity contribution < 1.29 is 0 Å². The molecule has 0 saturated carbocycles. The number of benzene rings is 7. The molecule has 0 spiro atoms. The second-order valence-electron chi connectivity index (χ2n) is 12.0. The zero-order valence-corrected chi connectivity index (χ0v) is 26.9. The lowest BCUT2D eigenvalue weighted by molar-refractivity contribution is 1.28. The van der Waals surface area contributed by atoms with Crippen LogP contribution in [0.4, 0.5) is 17.1 Å². The molecule has 2 aromatic heterocycles. The first kappa shape index (κ1) is 28.2. The van der Waals surface area contributed by atoms with Gasteiger partial charge < -0.3 is 4.90 Å². The van der Waals surface area contributed by atoms with Gasteiger partial charge in [0, 0.05) is 43.5 Å². The minimum absolute atomic E-state index is 1.01. The van der Waals surface area contributed by atoms with Gasteiger partial charge in [-0.15, -0.1) is 11.3 Å². The van der Waals surface area contributed by atoms with E-state index in [1.165, 1.54) is 47.8 Å². The van der Waals surface area contributed by atoms with Crippen LogP contribution in [0.15, 0.2) is 182 Å². The van der Waals surface area contributed by atoms with Gasteiger partial charge in [0.1, 0.15) is 0 Å². The molecule has 7 aromatic carbocycles. The van der Waals surface area contributed by atoms with Gasteiger partial charge >= 0.3 is 0 Å². The first-order chi connectivity index (χ1) is 23.8. The van der Waals surface area contributed by atoms with Gasteiger partial charge in [-0.25, -0.2) is 4.98 Å². The van der Waals surface area contributed by atoms with Crippen molar-refractivity contribution in [3.05, 3.63) is 182 Å². The van der Waals surface area contributed by atoms with Crippen molar-refractivity contribution in [1.29, 1.82) is 0 Å². The third-order valence-corrected chi connectivity index (χ3v) is 10.2. The van der Waals surface area contributed by atoms with Crippen LogP contribution in [0.3, 0.4) is 0 Å². The number of hydrogen-bond acceptors (Lipinski definition) is 3. The molecule has 3 heteroatoms. The van der Waals surface area contributed by atoms with Gasteiger partial charge in [-0.3, -0.25) is 0 Å². The lowest BCUT2D eigenvalue weighted by Crippen LogP contribution is -2.10. The highest BCUT2D eigenvalue weighted by molar-refractivity contribution is 7.26. The van der Waals surface area contributed by atoms with Gasteiger partial charge in [0.25, 0.3) is 0 Å². The van der Waals surface area contributed by atoms with Crippen LogP contribution < -0.4 is 4.90 Å². The van der Waals surface area contributed by atoms with Crippen LogP contribution in [0.1, 0.15) is 0 Å². The van der Waals surface area contributed by atoms with Crippen molar-refractivity contribution >= 4 is 59.5 Å². The summed E-state index contributed by atoms with van der Waals surface area (Å²) in [5, 5.41) is 3.77. The molecule has 0 aliphatic heterocycles. The Balaban J connectivity index is 1.20. The number of rotatable bonds is 6. The number of para-hydroxylation sites is 1. The monoisotopic (exact) mass is 630 g/mol. The van der Waals surface area contributed by atoms with E-state index in [1.807, 2.05) is 11.3 Å². The van der Waals surface area contributed by atoms with Crippen LogP contribution >= 0.6 is 11.3 Å². The zero-order valence-electron chi connectivity index (χ0n) is 26.1. The van der Waals surface area contributed by atoms with Gasteiger partial charge in [0.05, 0.1) is 15.9 Å². The number of thiophene rings is 1. The molecular weight excluding hydrogens is 601 g/mol. The van der Waals surface area contributed by atoms with Crippen LogP contribution in [0.25, 0.3) is 64.6 Å². The number of pyridine rings is 1. The number of anilines is 3. The molecule has 0 aliphatic carbocycles. The number of hydrogen-bond donors (Lipinski definition) is 0. The highest BCUT2D eigenvalue weighted by atomic mass is 32.1. The maximum atomic E-state index is 5.30. The molecule has 9 aromatic rings. The molecule has 0 radical (unpaired) electrons. The van der Waals surface area contributed by atoms with Gasteiger partial charge in [0.15, 0.2) is 0 Å². The molecule has 0 atom stereocenters. The highest BCUT2D eigenvalue weighted by Crippen LogP contribution is 2.44. The third kappa shape index (κ3) is 5.02. The molecule has 2 nitrogen and oxygen atoms in total. The zero-order chi connectivity index (χ0) is 31.9. The van der Waals surface area contributed by atoms with E-state index in [9.17, 15) is 0 Å². The van der Waals surface area contributed by atoms with E-state index in [2.05, 4.69) is 187 Å². The summed E-state index contributed by atoms with van der Waals surface area (Å²) >= 11 is 1.83. The molecule has 0 unspecified atom stereocenters. The Hall–Kier alpha value is -6.03. The van der Waals surface area contributed by atoms with Crippen LogP contribution in [0, 0.1) is 0 Å². The Morgan fingerprint density at radius 1 is 0.396 bits per heavy atom. The molecule has 0 bridgehead atoms. The second-order valence-corrected chi connectivity index (χ2v) is 13.0. The Kier molecular flexibility index (Phi) is 7.03. The van der Waals surface area contributed by atoms with Gasteiger partial charge in [-0.2, -0.15) is 0 Å². The summed E-state index contributed by atoms with van der Waals surface area (Å²) in [6.45, 7) is 0. The van der Waals surface area contributed by atoms with E-state index < -0.39 is 0 Å². The molecule has 0 N–H and O–H groups in total. The van der Waals surface area contributed by atoms with E-state index >= 15 is 0 Å². The van der Waals surface area contributed by atoms with E-state index in [-0.39, 0.29) is 0 Å². The topological polar surface area (TPSA) is 16.1 Å². The summed E-state index contributed by atoms with van der Waals surface area (Å²) < 4.78 is 2.50. The van der Waals surface area contributed by atoms with Crippen molar-refractivity contribution in [1.82, 2.24) is 4.98 Å². The van der Waals surface area contributed by atoms with E-state index in [4.69, 9.17) is 4.98 Å². The highest BCUT2D eigenvalue weighted by Gasteiger charge is 2.18. The molecule has 2 heterocycles. The fourth-order valence-electron chi connectivity index (χ4n) is 6.74. The lowest BCUT2D eigenvalue weighted by atomic mass is 10.0. The number of aromatic nitrogens is 1. The normalized spacial score (nSPS) is 11.3. The Labute approximate surface area is 283 Å². The third-order valence-electron chi connectivity index (χ3n) is 9.06. The van der Waals surface area contributed by atoms with Crippen LogP contribution in [0.5, 0.6) is 0 Å². The quantitative estimate of drug-likeness (QED) is 0.182. The first-order valence-corrected chi connectivity index (χ1v) is 17.0. The molecule has 0 fully saturated rings. The number of fused-ring (bicyclic) bond motifs is 5. The minimum atomic E-state index is 1.01. The molecule has 0 aliphatic rings. The number of nitrogens with zero attached hydrogens (tertiary/aromatic N) is 2. The summed E-state index contributed by atoms with van der Waals surface area (Å²) in [5.41, 5.74) is 11.2. The molecule has 9 rings (SSSR count). The minimum Gasteiger partial charge on any atom is -0.310 e. The fraction of sp³-hybridized carbons (Fsp3) is 0. The van der Waals surface area contributed by atoms with Crippen molar-refractivity contribution in [3.8, 4) is 33.5 Å². The Bertz CT molecular complexity index is 2450. The van der Waals surface area contributed by atoms with Crippen molar-refractivity contribution in [2.75, 3.05) is 4.90 Å². The predicted octanol–water partition coefficient (Wildman–Crippen LogP) is 13.1. The Morgan fingerprint density at radius 3 is 1.56 bits per heavy atom. The van der Waals surface area contributed by atoms with Crippen LogP contribution in [0.2, 0.25) is 0 Å². The molecule has 0 amide bonds. The summed E-state index contributed by atoms with van der Waals surface area (Å²) in [6, 6.07) is 64.9. The van der Waals surface area contributed by atoms with E-state index in [0.717, 1.165) is 33.8 Å². The summed E-state index contributed by atoms with van der Waals surface area (Å²) in [5.74, 6) is 0. The maximum absolute atomic E-state index is 5.30. The largest absolute Gasteiger partial charge is 0.310 e. The van der Waals surface area contributed by atoms with Gasteiger partial charge in [-0.1, -0.05) is 133 Å². The Morgan fingerprint density at radius 2 is 0.917 bits per heavy atom. The predicted molar refractivity (Wildman–Crippen MR) is 206 cm³/mol. The maximum Gasteiger partial charge on any atom is 0.0889 e. The first-order valence-electron chi connectivity index (χ1n) is 16.2. The SMILES string of the molecule is c1ccc(-c2ccc(N(c3ccc(-c4ccccc4)cc3)c3cccc(-c4nc5ccccc5c5c4sc4ccccc45)c3)cc2)cc1. The second kappa shape index (κ2) is 12.0. The van der Waals surface area contributed by atoms with Gasteiger partial charge in [0.2, 0.25) is 0 Å². The van der Waals surface area contributed by atoms with Gasteiger partial charge in [-0.05, 0) is 70.8 Å². The molecular formula is C45H30N2S. The smallest absolute Gasteiger partial charge is 0.0889 e. The van der Waals surface area contributed by atoms with E-state index in [0.29, 0.717) is 0 Å². The van der Waals surface area contributed by atoms with Crippen LogP contribution in [-0.2, 0) is 0 Å². The van der Waals surface area contributed by atoms with Crippen LogP contribution in [-0.4, -0.2) is 4.98 Å². The summed E-state index contributed by atoms with van der Waals surface area (Å²) in [4.78, 5) is 7.64. The molecule has 48 heavy (non-hydrogen) atoms. The van der Waals surface area contributed by atoms with Crippen molar-refractivity contribution in [2.45, 2.75) is 0 Å². The van der Waals surface area contributed by atoms with Crippen molar-refractivity contribution in [2.24, 2.45) is 0 Å².